The predicted molar refractivity (Wildman–Crippen MR) is 93.5 cm³/mol. The molecule has 0 radical (unpaired) electrons. The van der Waals surface area contributed by atoms with E-state index in [2.05, 4.69) is 5.32 Å². The number of benzene rings is 1. The molecule has 0 spiro atoms. The van der Waals surface area contributed by atoms with Crippen LogP contribution in [0.25, 0.3) is 0 Å². The highest BCUT2D eigenvalue weighted by Crippen LogP contribution is 2.24. The summed E-state index contributed by atoms with van der Waals surface area (Å²) in [5.74, 6) is -0.273. The fraction of sp³-hybridized carbons (Fsp3) is 0.294. The maximum absolute atomic E-state index is 12.7. The van der Waals surface area contributed by atoms with Gasteiger partial charge in [0.1, 0.15) is 0 Å². The number of amides is 2. The van der Waals surface area contributed by atoms with Crippen LogP contribution >= 0.6 is 22.9 Å². The van der Waals surface area contributed by atoms with Crippen molar-refractivity contribution < 1.29 is 9.59 Å². The van der Waals surface area contributed by atoms with Crippen molar-refractivity contribution in [2.24, 2.45) is 0 Å². The molecule has 1 fully saturated rings. The summed E-state index contributed by atoms with van der Waals surface area (Å²) in [5.41, 5.74) is 1.07. The first-order valence-corrected chi connectivity index (χ1v) is 8.79. The standard InChI is InChI=1S/C17H17ClN2O2S/c18-15-9-8-14(23-15)16(21)19-13-7-3-2-6-12(13)17(22)20-10-4-1-5-11-20/h2-3,6-9H,1,4-5,10-11H2,(H,19,21). The topological polar surface area (TPSA) is 49.4 Å². The molecular weight excluding hydrogens is 332 g/mol. The Morgan fingerprint density at radius 3 is 2.48 bits per heavy atom. The number of carbonyl (C=O) groups is 2. The Kier molecular flexibility index (Phi) is 4.98. The highest BCUT2D eigenvalue weighted by atomic mass is 35.5. The minimum Gasteiger partial charge on any atom is -0.339 e. The van der Waals surface area contributed by atoms with Crippen LogP contribution in [0.3, 0.4) is 0 Å². The zero-order valence-corrected chi connectivity index (χ0v) is 14.1. The molecule has 6 heteroatoms. The van der Waals surface area contributed by atoms with Gasteiger partial charge in [-0.1, -0.05) is 23.7 Å². The third-order valence-corrected chi connectivity index (χ3v) is 5.08. The van der Waals surface area contributed by atoms with E-state index in [1.165, 1.54) is 17.8 Å². The average Bonchev–Trinajstić information content (AvgIpc) is 3.02. The molecule has 4 nitrogen and oxygen atoms in total. The van der Waals surface area contributed by atoms with Gasteiger partial charge in [0.25, 0.3) is 11.8 Å². The van der Waals surface area contributed by atoms with Crippen LogP contribution in [0.1, 0.15) is 39.3 Å². The molecular formula is C17H17ClN2O2S. The van der Waals surface area contributed by atoms with E-state index >= 15 is 0 Å². The molecule has 0 bridgehead atoms. The highest BCUT2D eigenvalue weighted by Gasteiger charge is 2.21. The van der Waals surface area contributed by atoms with E-state index in [0.29, 0.717) is 20.5 Å². The number of piperidine rings is 1. The molecule has 1 aliphatic heterocycles. The quantitative estimate of drug-likeness (QED) is 0.900. The van der Waals surface area contributed by atoms with Crippen molar-refractivity contribution in [3.05, 3.63) is 51.2 Å². The molecule has 1 N–H and O–H groups in total. The van der Waals surface area contributed by atoms with Gasteiger partial charge in [-0.05, 0) is 43.5 Å². The number of anilines is 1. The van der Waals surface area contributed by atoms with Gasteiger partial charge in [0, 0.05) is 13.1 Å². The van der Waals surface area contributed by atoms with Gasteiger partial charge in [-0.25, -0.2) is 0 Å². The summed E-state index contributed by atoms with van der Waals surface area (Å²) < 4.78 is 0.563. The summed E-state index contributed by atoms with van der Waals surface area (Å²) in [6.07, 6.45) is 3.24. The van der Waals surface area contributed by atoms with Crippen molar-refractivity contribution in [1.29, 1.82) is 0 Å². The number of halogens is 1. The van der Waals surface area contributed by atoms with E-state index in [4.69, 9.17) is 11.6 Å². The van der Waals surface area contributed by atoms with Crippen molar-refractivity contribution in [2.75, 3.05) is 18.4 Å². The van der Waals surface area contributed by atoms with E-state index in [0.717, 1.165) is 25.9 Å². The Morgan fingerprint density at radius 1 is 1.04 bits per heavy atom. The molecule has 0 unspecified atom stereocenters. The van der Waals surface area contributed by atoms with Crippen LogP contribution in [-0.2, 0) is 0 Å². The Labute approximate surface area is 144 Å². The second-order valence-electron chi connectivity index (χ2n) is 5.46. The molecule has 3 rings (SSSR count). The highest BCUT2D eigenvalue weighted by molar-refractivity contribution is 7.18. The summed E-state index contributed by atoms with van der Waals surface area (Å²) in [5, 5.41) is 2.83. The van der Waals surface area contributed by atoms with Gasteiger partial charge in [0.05, 0.1) is 20.5 Å². The summed E-state index contributed by atoms with van der Waals surface area (Å²) in [6.45, 7) is 1.56. The minimum atomic E-state index is -0.249. The van der Waals surface area contributed by atoms with Gasteiger partial charge < -0.3 is 10.2 Å². The maximum Gasteiger partial charge on any atom is 0.265 e. The van der Waals surface area contributed by atoms with Gasteiger partial charge in [0.15, 0.2) is 0 Å². The van der Waals surface area contributed by atoms with Crippen LogP contribution in [0.2, 0.25) is 4.34 Å². The number of carbonyl (C=O) groups excluding carboxylic acids is 2. The third-order valence-electron chi connectivity index (χ3n) is 3.85. The van der Waals surface area contributed by atoms with Crippen LogP contribution in [0.5, 0.6) is 0 Å². The molecule has 1 aromatic carbocycles. The van der Waals surface area contributed by atoms with Crippen molar-refractivity contribution in [3.63, 3.8) is 0 Å². The molecule has 2 heterocycles. The largest absolute Gasteiger partial charge is 0.339 e. The average molecular weight is 349 g/mol. The molecule has 0 aliphatic carbocycles. The molecule has 1 aromatic heterocycles. The van der Waals surface area contributed by atoms with Crippen LogP contribution in [0.4, 0.5) is 5.69 Å². The number of para-hydroxylation sites is 1. The number of nitrogens with zero attached hydrogens (tertiary/aromatic N) is 1. The van der Waals surface area contributed by atoms with Gasteiger partial charge in [-0.3, -0.25) is 9.59 Å². The first-order chi connectivity index (χ1) is 11.1. The lowest BCUT2D eigenvalue weighted by Gasteiger charge is -2.27. The van der Waals surface area contributed by atoms with Crippen molar-refractivity contribution in [1.82, 2.24) is 4.90 Å². The summed E-state index contributed by atoms with van der Waals surface area (Å²) >= 11 is 7.08. The summed E-state index contributed by atoms with van der Waals surface area (Å²) in [6, 6.07) is 10.5. The van der Waals surface area contributed by atoms with Crippen LogP contribution < -0.4 is 5.32 Å². The Morgan fingerprint density at radius 2 is 1.78 bits per heavy atom. The van der Waals surface area contributed by atoms with Gasteiger partial charge in [-0.2, -0.15) is 0 Å². The molecule has 23 heavy (non-hydrogen) atoms. The van der Waals surface area contributed by atoms with Crippen LogP contribution in [-0.4, -0.2) is 29.8 Å². The first kappa shape index (κ1) is 16.0. The zero-order chi connectivity index (χ0) is 16.2. The first-order valence-electron chi connectivity index (χ1n) is 7.60. The van der Waals surface area contributed by atoms with Crippen molar-refractivity contribution in [3.8, 4) is 0 Å². The number of rotatable bonds is 3. The Hall–Kier alpha value is -1.85. The monoisotopic (exact) mass is 348 g/mol. The molecule has 1 saturated heterocycles. The van der Waals surface area contributed by atoms with Crippen LogP contribution in [0, 0.1) is 0 Å². The number of hydrogen-bond donors (Lipinski definition) is 1. The lowest BCUT2D eigenvalue weighted by molar-refractivity contribution is 0.0725. The number of likely N-dealkylation sites (tertiary alicyclic amines) is 1. The Bertz CT molecular complexity index is 723. The van der Waals surface area contributed by atoms with Gasteiger partial charge in [0.2, 0.25) is 0 Å². The predicted octanol–water partition coefficient (Wildman–Crippen LogP) is 4.28. The van der Waals surface area contributed by atoms with E-state index in [1.807, 2.05) is 17.0 Å². The number of hydrogen-bond acceptors (Lipinski definition) is 3. The second-order valence-corrected chi connectivity index (χ2v) is 7.17. The second kappa shape index (κ2) is 7.15. The molecule has 2 aromatic rings. The normalized spacial score (nSPS) is 14.6. The Balaban J connectivity index is 1.80. The zero-order valence-electron chi connectivity index (χ0n) is 12.5. The molecule has 1 aliphatic rings. The van der Waals surface area contributed by atoms with E-state index < -0.39 is 0 Å². The molecule has 120 valence electrons. The lowest BCUT2D eigenvalue weighted by atomic mass is 10.1. The molecule has 0 saturated carbocycles. The molecule has 0 atom stereocenters. The smallest absolute Gasteiger partial charge is 0.265 e. The van der Waals surface area contributed by atoms with Gasteiger partial charge in [-0.15, -0.1) is 11.3 Å². The fourth-order valence-corrected chi connectivity index (χ4v) is 3.60. The van der Waals surface area contributed by atoms with Crippen LogP contribution in [0.15, 0.2) is 36.4 Å². The maximum atomic E-state index is 12.7. The fourth-order valence-electron chi connectivity index (χ4n) is 2.67. The van der Waals surface area contributed by atoms with E-state index in [9.17, 15) is 9.59 Å². The molecule has 2 amide bonds. The van der Waals surface area contributed by atoms with Gasteiger partial charge >= 0.3 is 0 Å². The number of nitrogens with one attached hydrogen (secondary N) is 1. The van der Waals surface area contributed by atoms with Crippen molar-refractivity contribution >= 4 is 40.4 Å². The summed E-state index contributed by atoms with van der Waals surface area (Å²) in [4.78, 5) is 27.4. The lowest BCUT2D eigenvalue weighted by Crippen LogP contribution is -2.36. The number of thiophene rings is 1. The third kappa shape index (κ3) is 3.74. The van der Waals surface area contributed by atoms with E-state index in [1.54, 1.807) is 24.3 Å². The summed E-state index contributed by atoms with van der Waals surface area (Å²) in [7, 11) is 0. The SMILES string of the molecule is O=C(Nc1ccccc1C(=O)N1CCCCC1)c1ccc(Cl)s1. The minimum absolute atomic E-state index is 0.0233. The van der Waals surface area contributed by atoms with Crippen molar-refractivity contribution in [2.45, 2.75) is 19.3 Å². The van der Waals surface area contributed by atoms with E-state index in [-0.39, 0.29) is 11.8 Å².